The maximum Gasteiger partial charge on any atom is 0.338 e. The lowest BCUT2D eigenvalue weighted by Gasteiger charge is -2.24. The number of carbonyl (C=O) groups is 1. The minimum atomic E-state index is -1.15. The first-order valence-corrected chi connectivity index (χ1v) is 6.06. The molecule has 8 heteroatoms. The Morgan fingerprint density at radius 1 is 1.37 bits per heavy atom. The lowest BCUT2D eigenvalue weighted by atomic mass is 10.3. The minimum Gasteiger partial charge on any atom is -0.478 e. The van der Waals surface area contributed by atoms with Crippen LogP contribution in [-0.4, -0.2) is 47.3 Å². The SMILES string of the molecule is O=C(O)c1cc2oc(N3CCOCC3)nc2nc1Cl. The predicted molar refractivity (Wildman–Crippen MR) is 66.8 cm³/mol. The number of anilines is 1. The summed E-state index contributed by atoms with van der Waals surface area (Å²) < 4.78 is 10.8. The highest BCUT2D eigenvalue weighted by molar-refractivity contribution is 6.32. The van der Waals surface area contributed by atoms with Gasteiger partial charge in [0, 0.05) is 19.2 Å². The fourth-order valence-electron chi connectivity index (χ4n) is 1.87. The third-order valence-electron chi connectivity index (χ3n) is 2.84. The summed E-state index contributed by atoms with van der Waals surface area (Å²) in [6.07, 6.45) is 0. The third-order valence-corrected chi connectivity index (χ3v) is 3.13. The van der Waals surface area contributed by atoms with E-state index in [4.69, 9.17) is 25.9 Å². The molecule has 1 saturated heterocycles. The van der Waals surface area contributed by atoms with Gasteiger partial charge in [-0.1, -0.05) is 11.6 Å². The van der Waals surface area contributed by atoms with Crippen molar-refractivity contribution in [1.82, 2.24) is 9.97 Å². The Bertz CT molecular complexity index is 636. The number of pyridine rings is 1. The Labute approximate surface area is 112 Å². The highest BCUT2D eigenvalue weighted by Gasteiger charge is 2.20. The lowest BCUT2D eigenvalue weighted by Crippen LogP contribution is -2.36. The molecule has 0 spiro atoms. The maximum atomic E-state index is 11.0. The first-order chi connectivity index (χ1) is 9.15. The van der Waals surface area contributed by atoms with Crippen LogP contribution in [0.15, 0.2) is 10.5 Å². The average Bonchev–Trinajstić information content (AvgIpc) is 2.81. The van der Waals surface area contributed by atoms with Crippen molar-refractivity contribution in [3.8, 4) is 0 Å². The molecule has 3 heterocycles. The van der Waals surface area contributed by atoms with Crippen LogP contribution in [0.4, 0.5) is 6.01 Å². The van der Waals surface area contributed by atoms with E-state index in [1.165, 1.54) is 6.07 Å². The number of morpholine rings is 1. The molecular formula is C11H10ClN3O4. The summed E-state index contributed by atoms with van der Waals surface area (Å²) in [7, 11) is 0. The predicted octanol–water partition coefficient (Wildman–Crippen LogP) is 1.41. The van der Waals surface area contributed by atoms with Crippen molar-refractivity contribution in [3.05, 3.63) is 16.8 Å². The second-order valence-corrected chi connectivity index (χ2v) is 4.41. The zero-order chi connectivity index (χ0) is 13.4. The van der Waals surface area contributed by atoms with Crippen molar-refractivity contribution in [1.29, 1.82) is 0 Å². The van der Waals surface area contributed by atoms with E-state index in [-0.39, 0.29) is 10.7 Å². The number of hydrogen-bond donors (Lipinski definition) is 1. The summed E-state index contributed by atoms with van der Waals surface area (Å²) in [6, 6.07) is 1.74. The van der Waals surface area contributed by atoms with Gasteiger partial charge in [0.25, 0.3) is 6.01 Å². The van der Waals surface area contributed by atoms with E-state index in [9.17, 15) is 4.79 Å². The highest BCUT2D eigenvalue weighted by Crippen LogP contribution is 2.25. The second kappa shape index (κ2) is 4.67. The molecular weight excluding hydrogens is 274 g/mol. The Balaban J connectivity index is 2.02. The summed E-state index contributed by atoms with van der Waals surface area (Å²) in [6.45, 7) is 2.55. The number of carboxylic acids is 1. The molecule has 3 rings (SSSR count). The summed E-state index contributed by atoms with van der Waals surface area (Å²) in [4.78, 5) is 21.0. The van der Waals surface area contributed by atoms with Crippen LogP contribution in [0.3, 0.4) is 0 Å². The van der Waals surface area contributed by atoms with Gasteiger partial charge >= 0.3 is 5.97 Å². The summed E-state index contributed by atoms with van der Waals surface area (Å²) in [5.74, 6) is -1.15. The van der Waals surface area contributed by atoms with Gasteiger partial charge in [-0.15, -0.1) is 0 Å². The molecule has 1 fully saturated rings. The largest absolute Gasteiger partial charge is 0.478 e. The molecule has 0 saturated carbocycles. The van der Waals surface area contributed by atoms with Gasteiger partial charge in [-0.3, -0.25) is 0 Å². The van der Waals surface area contributed by atoms with Crippen molar-refractivity contribution in [2.75, 3.05) is 31.2 Å². The van der Waals surface area contributed by atoms with Crippen molar-refractivity contribution in [2.24, 2.45) is 0 Å². The molecule has 0 atom stereocenters. The number of aromatic carboxylic acids is 1. The molecule has 0 unspecified atom stereocenters. The second-order valence-electron chi connectivity index (χ2n) is 4.05. The lowest BCUT2D eigenvalue weighted by molar-refractivity contribution is 0.0696. The summed E-state index contributed by atoms with van der Waals surface area (Å²) >= 11 is 5.79. The maximum absolute atomic E-state index is 11.0. The first-order valence-electron chi connectivity index (χ1n) is 5.68. The normalized spacial score (nSPS) is 15.9. The average molecular weight is 284 g/mol. The van der Waals surface area contributed by atoms with Crippen LogP contribution in [0.1, 0.15) is 10.4 Å². The molecule has 0 amide bonds. The van der Waals surface area contributed by atoms with E-state index in [0.29, 0.717) is 43.5 Å². The van der Waals surface area contributed by atoms with E-state index in [0.717, 1.165) is 0 Å². The number of ether oxygens (including phenoxy) is 1. The quantitative estimate of drug-likeness (QED) is 0.834. The molecule has 0 radical (unpaired) electrons. The zero-order valence-electron chi connectivity index (χ0n) is 9.80. The van der Waals surface area contributed by atoms with Gasteiger partial charge < -0.3 is 19.2 Å². The van der Waals surface area contributed by atoms with Crippen LogP contribution >= 0.6 is 11.6 Å². The van der Waals surface area contributed by atoms with Gasteiger partial charge in [-0.05, 0) is 0 Å². The first kappa shape index (κ1) is 12.2. The summed E-state index contributed by atoms with van der Waals surface area (Å²) in [5.41, 5.74) is 0.513. The van der Waals surface area contributed by atoms with Gasteiger partial charge in [-0.2, -0.15) is 4.98 Å². The summed E-state index contributed by atoms with van der Waals surface area (Å²) in [5, 5.41) is 8.87. The number of rotatable bonds is 2. The molecule has 1 aliphatic rings. The molecule has 1 N–H and O–H groups in total. The van der Waals surface area contributed by atoms with Crippen molar-refractivity contribution >= 4 is 34.8 Å². The van der Waals surface area contributed by atoms with E-state index in [1.54, 1.807) is 0 Å². The molecule has 0 bridgehead atoms. The van der Waals surface area contributed by atoms with Crippen LogP contribution in [0.25, 0.3) is 11.2 Å². The van der Waals surface area contributed by atoms with E-state index in [1.807, 2.05) is 4.90 Å². The molecule has 2 aromatic heterocycles. The van der Waals surface area contributed by atoms with Crippen LogP contribution in [0, 0.1) is 0 Å². The van der Waals surface area contributed by atoms with Gasteiger partial charge in [0.05, 0.1) is 13.2 Å². The molecule has 0 aromatic carbocycles. The molecule has 2 aromatic rings. The monoisotopic (exact) mass is 283 g/mol. The number of aromatic nitrogens is 2. The van der Waals surface area contributed by atoms with E-state index in [2.05, 4.69) is 9.97 Å². The van der Waals surface area contributed by atoms with Crippen LogP contribution < -0.4 is 4.90 Å². The Morgan fingerprint density at radius 2 is 2.11 bits per heavy atom. The smallest absolute Gasteiger partial charge is 0.338 e. The molecule has 19 heavy (non-hydrogen) atoms. The topological polar surface area (TPSA) is 88.7 Å². The standard InChI is InChI=1S/C11H10ClN3O4/c12-8-6(10(16)17)5-7-9(13-8)14-11(19-7)15-1-3-18-4-2-15/h5H,1-4H2,(H,16,17). The van der Waals surface area contributed by atoms with Crippen molar-refractivity contribution in [3.63, 3.8) is 0 Å². The van der Waals surface area contributed by atoms with Crippen LogP contribution in [-0.2, 0) is 4.74 Å². The number of oxazole rings is 1. The number of fused-ring (bicyclic) bond motifs is 1. The Morgan fingerprint density at radius 3 is 2.79 bits per heavy atom. The third kappa shape index (κ3) is 2.22. The number of halogens is 1. The number of carboxylic acid groups (broad SMARTS) is 1. The van der Waals surface area contributed by atoms with Crippen molar-refractivity contribution < 1.29 is 19.1 Å². The number of nitrogens with zero attached hydrogens (tertiary/aromatic N) is 3. The van der Waals surface area contributed by atoms with Gasteiger partial charge in [0.1, 0.15) is 10.7 Å². The molecule has 1 aliphatic heterocycles. The molecule has 0 aliphatic carbocycles. The molecule has 7 nitrogen and oxygen atoms in total. The van der Waals surface area contributed by atoms with Crippen LogP contribution in [0.5, 0.6) is 0 Å². The van der Waals surface area contributed by atoms with E-state index < -0.39 is 5.97 Å². The van der Waals surface area contributed by atoms with Gasteiger partial charge in [0.2, 0.25) is 5.65 Å². The minimum absolute atomic E-state index is 0.0955. The Hall–Kier alpha value is -1.86. The van der Waals surface area contributed by atoms with Crippen LogP contribution in [0.2, 0.25) is 5.15 Å². The fraction of sp³-hybridized carbons (Fsp3) is 0.364. The molecule has 100 valence electrons. The number of hydrogen-bond acceptors (Lipinski definition) is 6. The van der Waals surface area contributed by atoms with Crippen molar-refractivity contribution in [2.45, 2.75) is 0 Å². The fourth-order valence-corrected chi connectivity index (χ4v) is 2.09. The van der Waals surface area contributed by atoms with Gasteiger partial charge in [-0.25, -0.2) is 9.78 Å². The van der Waals surface area contributed by atoms with E-state index >= 15 is 0 Å². The highest BCUT2D eigenvalue weighted by atomic mass is 35.5. The van der Waals surface area contributed by atoms with Gasteiger partial charge in [0.15, 0.2) is 5.58 Å². The Kier molecular flexibility index (Phi) is 3.00. The zero-order valence-corrected chi connectivity index (χ0v) is 10.6.